The van der Waals surface area contributed by atoms with Crippen molar-refractivity contribution >= 4 is 5.91 Å². The fourth-order valence-electron chi connectivity index (χ4n) is 3.31. The second-order valence-electron chi connectivity index (χ2n) is 6.97. The van der Waals surface area contributed by atoms with E-state index in [0.29, 0.717) is 23.3 Å². The molecule has 4 rings (SSSR count). The number of nitrogens with one attached hydrogen (secondary N) is 1. The van der Waals surface area contributed by atoms with Crippen LogP contribution in [0, 0.1) is 0 Å². The Balaban J connectivity index is 1.41. The van der Waals surface area contributed by atoms with Crippen LogP contribution in [-0.4, -0.2) is 22.1 Å². The lowest BCUT2D eigenvalue weighted by molar-refractivity contribution is 0.0933. The zero-order valence-corrected chi connectivity index (χ0v) is 13.8. The van der Waals surface area contributed by atoms with Gasteiger partial charge in [-0.15, -0.1) is 0 Å². The third-order valence-corrected chi connectivity index (χ3v) is 4.96. The summed E-state index contributed by atoms with van der Waals surface area (Å²) in [6.07, 6.45) is 9.47. The first kappa shape index (κ1) is 15.4. The SMILES string of the molecule is O=C(NC1CCCCCC1)c1ccc(-c2noc(C3CC3)n2)cc1. The Morgan fingerprint density at radius 2 is 1.71 bits per heavy atom. The van der Waals surface area contributed by atoms with E-state index < -0.39 is 0 Å². The maximum atomic E-state index is 12.4. The third kappa shape index (κ3) is 3.50. The van der Waals surface area contributed by atoms with Gasteiger partial charge in [0.2, 0.25) is 11.7 Å². The molecule has 2 aliphatic rings. The summed E-state index contributed by atoms with van der Waals surface area (Å²) >= 11 is 0. The van der Waals surface area contributed by atoms with E-state index in [0.717, 1.165) is 37.1 Å². The van der Waals surface area contributed by atoms with Gasteiger partial charge < -0.3 is 9.84 Å². The topological polar surface area (TPSA) is 68.0 Å². The highest BCUT2D eigenvalue weighted by molar-refractivity contribution is 5.94. The molecule has 0 spiro atoms. The molecule has 5 nitrogen and oxygen atoms in total. The predicted octanol–water partition coefficient (Wildman–Crippen LogP) is 4.07. The van der Waals surface area contributed by atoms with Crippen LogP contribution in [0.5, 0.6) is 0 Å². The van der Waals surface area contributed by atoms with Gasteiger partial charge in [0.1, 0.15) is 0 Å². The molecular weight excluding hydrogens is 302 g/mol. The molecule has 1 N–H and O–H groups in total. The summed E-state index contributed by atoms with van der Waals surface area (Å²) in [5.41, 5.74) is 1.57. The van der Waals surface area contributed by atoms with Gasteiger partial charge in [-0.25, -0.2) is 0 Å². The van der Waals surface area contributed by atoms with Crippen molar-refractivity contribution in [1.29, 1.82) is 0 Å². The molecule has 1 aromatic heterocycles. The van der Waals surface area contributed by atoms with Crippen molar-refractivity contribution in [3.05, 3.63) is 35.7 Å². The van der Waals surface area contributed by atoms with Crippen molar-refractivity contribution in [1.82, 2.24) is 15.5 Å². The minimum atomic E-state index is 0.0141. The second-order valence-corrected chi connectivity index (χ2v) is 6.97. The van der Waals surface area contributed by atoms with E-state index in [4.69, 9.17) is 4.52 Å². The Bertz CT molecular complexity index is 696. The molecule has 1 aromatic carbocycles. The zero-order chi connectivity index (χ0) is 16.4. The summed E-state index contributed by atoms with van der Waals surface area (Å²) in [6.45, 7) is 0. The van der Waals surface area contributed by atoms with E-state index >= 15 is 0 Å². The summed E-state index contributed by atoms with van der Waals surface area (Å²) in [6, 6.07) is 7.79. The normalized spacial score (nSPS) is 19.0. The number of aromatic nitrogens is 2. The van der Waals surface area contributed by atoms with Crippen molar-refractivity contribution in [2.24, 2.45) is 0 Å². The number of hydrogen-bond donors (Lipinski definition) is 1. The zero-order valence-electron chi connectivity index (χ0n) is 13.8. The van der Waals surface area contributed by atoms with Crippen LogP contribution in [0.4, 0.5) is 0 Å². The molecule has 2 aromatic rings. The van der Waals surface area contributed by atoms with Gasteiger partial charge in [0.25, 0.3) is 5.91 Å². The molecule has 0 saturated heterocycles. The molecule has 0 bridgehead atoms. The largest absolute Gasteiger partial charge is 0.349 e. The van der Waals surface area contributed by atoms with Gasteiger partial charge in [-0.05, 0) is 37.8 Å². The Hall–Kier alpha value is -2.17. The molecule has 2 saturated carbocycles. The maximum Gasteiger partial charge on any atom is 0.251 e. The number of carbonyl (C=O) groups excluding carboxylic acids is 1. The van der Waals surface area contributed by atoms with E-state index in [1.807, 2.05) is 24.3 Å². The lowest BCUT2D eigenvalue weighted by atomic mass is 10.1. The highest BCUT2D eigenvalue weighted by Gasteiger charge is 2.29. The lowest BCUT2D eigenvalue weighted by Crippen LogP contribution is -2.34. The molecule has 2 aliphatic carbocycles. The van der Waals surface area contributed by atoms with Gasteiger partial charge in [0.15, 0.2) is 0 Å². The van der Waals surface area contributed by atoms with Crippen molar-refractivity contribution < 1.29 is 9.32 Å². The quantitative estimate of drug-likeness (QED) is 0.861. The fourth-order valence-corrected chi connectivity index (χ4v) is 3.31. The highest BCUT2D eigenvalue weighted by atomic mass is 16.5. The van der Waals surface area contributed by atoms with Crippen LogP contribution in [0.15, 0.2) is 28.8 Å². The third-order valence-electron chi connectivity index (χ3n) is 4.96. The fraction of sp³-hybridized carbons (Fsp3) is 0.526. The van der Waals surface area contributed by atoms with E-state index in [-0.39, 0.29) is 5.91 Å². The summed E-state index contributed by atoms with van der Waals surface area (Å²) < 4.78 is 5.29. The summed E-state index contributed by atoms with van der Waals surface area (Å²) in [7, 11) is 0. The minimum absolute atomic E-state index is 0.0141. The predicted molar refractivity (Wildman–Crippen MR) is 90.7 cm³/mol. The Labute approximate surface area is 141 Å². The smallest absolute Gasteiger partial charge is 0.251 e. The maximum absolute atomic E-state index is 12.4. The number of hydrogen-bond acceptors (Lipinski definition) is 4. The van der Waals surface area contributed by atoms with Crippen molar-refractivity contribution in [2.75, 3.05) is 0 Å². The average molecular weight is 325 g/mol. The van der Waals surface area contributed by atoms with Crippen molar-refractivity contribution in [3.8, 4) is 11.4 Å². The Morgan fingerprint density at radius 1 is 1.00 bits per heavy atom. The first-order valence-corrected chi connectivity index (χ1v) is 9.04. The molecule has 1 amide bonds. The van der Waals surface area contributed by atoms with Crippen LogP contribution in [-0.2, 0) is 0 Å². The molecular formula is C19H23N3O2. The number of rotatable bonds is 4. The molecule has 24 heavy (non-hydrogen) atoms. The summed E-state index contributed by atoms with van der Waals surface area (Å²) in [5.74, 6) is 1.81. The number of nitrogens with zero attached hydrogens (tertiary/aromatic N) is 2. The first-order chi connectivity index (χ1) is 11.8. The van der Waals surface area contributed by atoms with Crippen LogP contribution >= 0.6 is 0 Å². The monoisotopic (exact) mass is 325 g/mol. The average Bonchev–Trinajstić information content (AvgIpc) is 3.39. The number of benzene rings is 1. The minimum Gasteiger partial charge on any atom is -0.349 e. The van der Waals surface area contributed by atoms with Crippen LogP contribution in [0.1, 0.15) is 73.5 Å². The van der Waals surface area contributed by atoms with Gasteiger partial charge in [-0.3, -0.25) is 4.79 Å². The van der Waals surface area contributed by atoms with Crippen molar-refractivity contribution in [3.63, 3.8) is 0 Å². The van der Waals surface area contributed by atoms with Gasteiger partial charge in [-0.1, -0.05) is 43.0 Å². The highest BCUT2D eigenvalue weighted by Crippen LogP contribution is 2.39. The molecule has 126 valence electrons. The van der Waals surface area contributed by atoms with Gasteiger partial charge in [0, 0.05) is 23.1 Å². The van der Waals surface area contributed by atoms with Crippen LogP contribution < -0.4 is 5.32 Å². The molecule has 2 fully saturated rings. The van der Waals surface area contributed by atoms with Gasteiger partial charge in [-0.2, -0.15) is 4.98 Å². The van der Waals surface area contributed by atoms with Crippen LogP contribution in [0.2, 0.25) is 0 Å². The molecule has 0 radical (unpaired) electrons. The molecule has 0 atom stereocenters. The molecule has 0 aliphatic heterocycles. The van der Waals surface area contributed by atoms with Crippen molar-refractivity contribution in [2.45, 2.75) is 63.3 Å². The van der Waals surface area contributed by atoms with E-state index in [1.165, 1.54) is 25.7 Å². The first-order valence-electron chi connectivity index (χ1n) is 9.04. The lowest BCUT2D eigenvalue weighted by Gasteiger charge is -2.16. The standard InChI is InChI=1S/C19H23N3O2/c23-18(20-16-5-3-1-2-4-6-16)14-9-7-13(8-10-14)17-21-19(24-22-17)15-11-12-15/h7-10,15-16H,1-6,11-12H2,(H,20,23). The van der Waals surface area contributed by atoms with Gasteiger partial charge >= 0.3 is 0 Å². The van der Waals surface area contributed by atoms with E-state index in [2.05, 4.69) is 15.5 Å². The van der Waals surface area contributed by atoms with Crippen LogP contribution in [0.25, 0.3) is 11.4 Å². The Kier molecular flexibility index (Phi) is 4.32. The van der Waals surface area contributed by atoms with E-state index in [9.17, 15) is 4.79 Å². The summed E-state index contributed by atoms with van der Waals surface area (Å²) in [5, 5.41) is 7.21. The summed E-state index contributed by atoms with van der Waals surface area (Å²) in [4.78, 5) is 16.9. The number of amides is 1. The number of carbonyl (C=O) groups is 1. The molecule has 5 heteroatoms. The molecule has 1 heterocycles. The second kappa shape index (κ2) is 6.75. The molecule has 0 unspecified atom stereocenters. The van der Waals surface area contributed by atoms with E-state index in [1.54, 1.807) is 0 Å². The van der Waals surface area contributed by atoms with Crippen LogP contribution in [0.3, 0.4) is 0 Å². The van der Waals surface area contributed by atoms with Gasteiger partial charge in [0.05, 0.1) is 0 Å². The Morgan fingerprint density at radius 3 is 2.38 bits per heavy atom.